The summed E-state index contributed by atoms with van der Waals surface area (Å²) in [6, 6.07) is 2.59. The van der Waals surface area contributed by atoms with Gasteiger partial charge >= 0.3 is 0 Å². The van der Waals surface area contributed by atoms with E-state index in [2.05, 4.69) is 21.2 Å². The maximum absolute atomic E-state index is 11.4. The van der Waals surface area contributed by atoms with E-state index in [-0.39, 0.29) is 16.1 Å². The topological polar surface area (TPSA) is 106 Å². The Hall–Kier alpha value is -1.25. The lowest BCUT2D eigenvalue weighted by Crippen LogP contribution is -2.15. The standard InChI is InChI=1S/C8H5BrN2O4S/c9-3-1-4-6(11-8(13)7(4)12)5(2-3)16(10,14)15/h1-2H,(H2,10,14,15)(H,11,12,13). The number of primary sulfonamides is 1. The summed E-state index contributed by atoms with van der Waals surface area (Å²) in [5.41, 5.74) is -0.0518. The van der Waals surface area contributed by atoms with E-state index >= 15 is 0 Å². The van der Waals surface area contributed by atoms with Crippen LogP contribution in [-0.2, 0) is 14.8 Å². The fraction of sp³-hybridized carbons (Fsp3) is 0. The fourth-order valence-electron chi connectivity index (χ4n) is 1.41. The largest absolute Gasteiger partial charge is 0.317 e. The third-order valence-corrected chi connectivity index (χ3v) is 3.46. The number of rotatable bonds is 1. The van der Waals surface area contributed by atoms with Crippen LogP contribution in [0.1, 0.15) is 10.4 Å². The number of anilines is 1. The van der Waals surface area contributed by atoms with Gasteiger partial charge in [-0.25, -0.2) is 13.6 Å². The lowest BCUT2D eigenvalue weighted by molar-refractivity contribution is -0.112. The van der Waals surface area contributed by atoms with E-state index in [9.17, 15) is 18.0 Å². The first-order valence-electron chi connectivity index (χ1n) is 4.03. The number of Topliss-reactive ketones (excluding diaryl/α,β-unsaturated/α-hetero) is 1. The van der Waals surface area contributed by atoms with E-state index < -0.39 is 21.7 Å². The van der Waals surface area contributed by atoms with Gasteiger partial charge in [-0.15, -0.1) is 0 Å². The zero-order chi connectivity index (χ0) is 12.1. The van der Waals surface area contributed by atoms with E-state index in [4.69, 9.17) is 5.14 Å². The van der Waals surface area contributed by atoms with Gasteiger partial charge in [0.1, 0.15) is 4.90 Å². The maximum atomic E-state index is 11.4. The highest BCUT2D eigenvalue weighted by atomic mass is 79.9. The summed E-state index contributed by atoms with van der Waals surface area (Å²) >= 11 is 3.04. The Labute approximate surface area is 99.0 Å². The van der Waals surface area contributed by atoms with Crippen molar-refractivity contribution in [1.29, 1.82) is 0 Å². The summed E-state index contributed by atoms with van der Waals surface area (Å²) in [4.78, 5) is 22.2. The van der Waals surface area contributed by atoms with Crippen molar-refractivity contribution in [3.8, 4) is 0 Å². The van der Waals surface area contributed by atoms with Crippen molar-refractivity contribution in [1.82, 2.24) is 0 Å². The molecule has 8 heteroatoms. The van der Waals surface area contributed by atoms with Crippen molar-refractivity contribution in [2.24, 2.45) is 5.14 Å². The Bertz CT molecular complexity index is 623. The van der Waals surface area contributed by atoms with Crippen LogP contribution < -0.4 is 10.5 Å². The minimum absolute atomic E-state index is 0.00315. The van der Waals surface area contributed by atoms with Crippen LogP contribution in [0, 0.1) is 0 Å². The molecule has 3 N–H and O–H groups in total. The van der Waals surface area contributed by atoms with Gasteiger partial charge in [0.2, 0.25) is 10.0 Å². The van der Waals surface area contributed by atoms with Gasteiger partial charge in [-0.2, -0.15) is 0 Å². The van der Waals surface area contributed by atoms with Crippen molar-refractivity contribution < 1.29 is 18.0 Å². The number of ketones is 1. The first kappa shape index (κ1) is 11.2. The molecule has 0 fully saturated rings. The number of sulfonamides is 1. The van der Waals surface area contributed by atoms with Crippen LogP contribution in [0.4, 0.5) is 5.69 Å². The van der Waals surface area contributed by atoms with Gasteiger partial charge in [-0.05, 0) is 12.1 Å². The summed E-state index contributed by atoms with van der Waals surface area (Å²) in [6.07, 6.45) is 0. The Morgan fingerprint density at radius 3 is 2.44 bits per heavy atom. The molecule has 0 bridgehead atoms. The maximum Gasteiger partial charge on any atom is 0.296 e. The van der Waals surface area contributed by atoms with E-state index in [0.717, 1.165) is 0 Å². The number of benzene rings is 1. The molecule has 0 aliphatic carbocycles. The summed E-state index contributed by atoms with van der Waals surface area (Å²) in [5.74, 6) is -1.64. The van der Waals surface area contributed by atoms with Gasteiger partial charge < -0.3 is 5.32 Å². The molecule has 84 valence electrons. The summed E-state index contributed by atoms with van der Waals surface area (Å²) in [6.45, 7) is 0. The van der Waals surface area contributed by atoms with Crippen molar-refractivity contribution in [3.05, 3.63) is 22.2 Å². The second-order valence-corrected chi connectivity index (χ2v) is 5.60. The summed E-state index contributed by atoms with van der Waals surface area (Å²) < 4.78 is 22.9. The second-order valence-electron chi connectivity index (χ2n) is 3.15. The van der Waals surface area contributed by atoms with Gasteiger partial charge in [0.25, 0.3) is 11.7 Å². The van der Waals surface area contributed by atoms with Gasteiger partial charge in [0, 0.05) is 4.47 Å². The molecule has 0 radical (unpaired) electrons. The van der Waals surface area contributed by atoms with Crippen LogP contribution in [0.3, 0.4) is 0 Å². The monoisotopic (exact) mass is 304 g/mol. The number of fused-ring (bicyclic) bond motifs is 1. The number of nitrogens with one attached hydrogen (secondary N) is 1. The highest BCUT2D eigenvalue weighted by molar-refractivity contribution is 9.10. The molecule has 0 aromatic heterocycles. The molecule has 1 aliphatic heterocycles. The number of hydrogen-bond acceptors (Lipinski definition) is 4. The Morgan fingerprint density at radius 1 is 1.25 bits per heavy atom. The molecular formula is C8H5BrN2O4S. The van der Waals surface area contributed by atoms with Crippen LogP contribution in [-0.4, -0.2) is 20.1 Å². The number of carbonyl (C=O) groups is 2. The van der Waals surface area contributed by atoms with Crippen molar-refractivity contribution in [2.75, 3.05) is 5.32 Å². The summed E-state index contributed by atoms with van der Waals surface area (Å²) in [7, 11) is -3.99. The highest BCUT2D eigenvalue weighted by Gasteiger charge is 2.33. The second kappa shape index (κ2) is 3.37. The van der Waals surface area contributed by atoms with Gasteiger partial charge in [0.05, 0.1) is 11.3 Å². The fourth-order valence-corrected chi connectivity index (χ4v) is 2.75. The molecule has 1 aliphatic rings. The van der Waals surface area contributed by atoms with Crippen molar-refractivity contribution in [2.45, 2.75) is 4.90 Å². The molecule has 0 saturated heterocycles. The van der Waals surface area contributed by atoms with Crippen LogP contribution in [0.2, 0.25) is 0 Å². The van der Waals surface area contributed by atoms with Gasteiger partial charge in [0.15, 0.2) is 0 Å². The normalized spacial score (nSPS) is 14.9. The Kier molecular flexibility index (Phi) is 2.37. The average Bonchev–Trinajstić information content (AvgIpc) is 2.42. The van der Waals surface area contributed by atoms with Gasteiger partial charge in [-0.1, -0.05) is 15.9 Å². The predicted molar refractivity (Wildman–Crippen MR) is 58.5 cm³/mol. The zero-order valence-electron chi connectivity index (χ0n) is 7.65. The number of amides is 1. The minimum Gasteiger partial charge on any atom is -0.317 e. The molecule has 1 amide bonds. The molecule has 6 nitrogen and oxygen atoms in total. The Morgan fingerprint density at radius 2 is 1.88 bits per heavy atom. The number of halogens is 1. The highest BCUT2D eigenvalue weighted by Crippen LogP contribution is 2.33. The predicted octanol–water partition coefficient (Wildman–Crippen LogP) is 0.231. The molecule has 1 heterocycles. The average molecular weight is 305 g/mol. The molecular weight excluding hydrogens is 300 g/mol. The lowest BCUT2D eigenvalue weighted by Gasteiger charge is -2.05. The minimum atomic E-state index is -3.99. The van der Waals surface area contributed by atoms with Gasteiger partial charge in [-0.3, -0.25) is 9.59 Å². The Balaban J connectivity index is 2.82. The SMILES string of the molecule is NS(=O)(=O)c1cc(Br)cc2c1NC(=O)C2=O. The molecule has 1 aromatic rings. The third-order valence-electron chi connectivity index (χ3n) is 2.06. The van der Waals surface area contributed by atoms with Crippen LogP contribution in [0.15, 0.2) is 21.5 Å². The molecule has 16 heavy (non-hydrogen) atoms. The first-order chi connectivity index (χ1) is 7.30. The summed E-state index contributed by atoms with van der Waals surface area (Å²) in [5, 5.41) is 7.16. The van der Waals surface area contributed by atoms with E-state index in [0.29, 0.717) is 4.47 Å². The van der Waals surface area contributed by atoms with E-state index in [1.807, 2.05) is 0 Å². The van der Waals surface area contributed by atoms with Crippen molar-refractivity contribution in [3.63, 3.8) is 0 Å². The van der Waals surface area contributed by atoms with E-state index in [1.54, 1.807) is 0 Å². The number of nitrogens with two attached hydrogens (primary N) is 1. The van der Waals surface area contributed by atoms with Crippen molar-refractivity contribution >= 4 is 43.3 Å². The quantitative estimate of drug-likeness (QED) is 0.724. The molecule has 1 aromatic carbocycles. The number of carbonyl (C=O) groups excluding carboxylic acids is 2. The molecule has 0 spiro atoms. The van der Waals surface area contributed by atoms with Crippen LogP contribution in [0.25, 0.3) is 0 Å². The van der Waals surface area contributed by atoms with Crippen LogP contribution in [0.5, 0.6) is 0 Å². The first-order valence-corrected chi connectivity index (χ1v) is 6.36. The molecule has 0 atom stereocenters. The number of hydrogen-bond donors (Lipinski definition) is 2. The zero-order valence-corrected chi connectivity index (χ0v) is 10.1. The smallest absolute Gasteiger partial charge is 0.296 e. The molecule has 2 rings (SSSR count). The molecule has 0 saturated carbocycles. The molecule has 0 unspecified atom stereocenters. The van der Waals surface area contributed by atoms with E-state index in [1.165, 1.54) is 12.1 Å². The third kappa shape index (κ3) is 1.64. The van der Waals surface area contributed by atoms with Crippen LogP contribution >= 0.6 is 15.9 Å². The lowest BCUT2D eigenvalue weighted by atomic mass is 10.1.